The molecule has 1 N–H and O–H groups in total. The zero-order valence-electron chi connectivity index (χ0n) is 12.0. The summed E-state index contributed by atoms with van der Waals surface area (Å²) in [5.74, 6) is 0.640. The second-order valence-corrected chi connectivity index (χ2v) is 6.59. The van der Waals surface area contributed by atoms with Crippen LogP contribution in [-0.2, 0) is 6.42 Å². The number of nitrogens with zero attached hydrogens (tertiary/aromatic N) is 1. The lowest BCUT2D eigenvalue weighted by atomic mass is 9.74. The molecule has 3 heteroatoms. The molecule has 1 heterocycles. The van der Waals surface area contributed by atoms with Gasteiger partial charge in [-0.1, -0.05) is 27.7 Å². The molecule has 1 aromatic rings. The fourth-order valence-corrected chi connectivity index (χ4v) is 2.45. The van der Waals surface area contributed by atoms with Gasteiger partial charge in [0, 0.05) is 23.4 Å². The van der Waals surface area contributed by atoms with E-state index >= 15 is 0 Å². The van der Waals surface area contributed by atoms with E-state index in [0.717, 1.165) is 24.0 Å². The minimum Gasteiger partial charge on any atom is -0.316 e. The van der Waals surface area contributed by atoms with Gasteiger partial charge in [0.1, 0.15) is 0 Å². The van der Waals surface area contributed by atoms with E-state index in [4.69, 9.17) is 0 Å². The van der Waals surface area contributed by atoms with Crippen molar-refractivity contribution in [1.82, 2.24) is 10.3 Å². The monoisotopic (exact) mass is 312 g/mol. The van der Waals surface area contributed by atoms with Crippen molar-refractivity contribution in [3.63, 3.8) is 0 Å². The number of pyridine rings is 1. The molecule has 1 rings (SSSR count). The highest BCUT2D eigenvalue weighted by Crippen LogP contribution is 2.31. The van der Waals surface area contributed by atoms with E-state index in [1.54, 1.807) is 0 Å². The summed E-state index contributed by atoms with van der Waals surface area (Å²) >= 11 is 3.49. The second-order valence-electron chi connectivity index (χ2n) is 5.67. The fraction of sp³-hybridized carbons (Fsp3) is 0.667. The highest BCUT2D eigenvalue weighted by Gasteiger charge is 2.28. The Morgan fingerprint density at radius 1 is 1.39 bits per heavy atom. The van der Waals surface area contributed by atoms with Crippen molar-refractivity contribution in [3.8, 4) is 0 Å². The Morgan fingerprint density at radius 3 is 2.67 bits per heavy atom. The number of aromatic nitrogens is 1. The quantitative estimate of drug-likeness (QED) is 0.768. The van der Waals surface area contributed by atoms with Crippen LogP contribution in [0, 0.1) is 11.3 Å². The van der Waals surface area contributed by atoms with Crippen LogP contribution in [0.4, 0.5) is 0 Å². The van der Waals surface area contributed by atoms with Crippen LogP contribution >= 0.6 is 15.9 Å². The Balaban J connectivity index is 2.72. The Labute approximate surface area is 120 Å². The van der Waals surface area contributed by atoms with Gasteiger partial charge in [0.15, 0.2) is 0 Å². The Morgan fingerprint density at radius 2 is 2.11 bits per heavy atom. The first-order chi connectivity index (χ1) is 8.48. The summed E-state index contributed by atoms with van der Waals surface area (Å²) in [6, 6.07) is 2.17. The smallest absolute Gasteiger partial charge is 0.0410 e. The van der Waals surface area contributed by atoms with Crippen LogP contribution in [0.3, 0.4) is 0 Å². The van der Waals surface area contributed by atoms with Gasteiger partial charge in [-0.05, 0) is 58.3 Å². The molecule has 102 valence electrons. The third-order valence-corrected chi connectivity index (χ3v) is 4.15. The van der Waals surface area contributed by atoms with E-state index in [1.807, 2.05) is 12.4 Å². The number of rotatable bonds is 7. The van der Waals surface area contributed by atoms with Crippen molar-refractivity contribution in [3.05, 3.63) is 28.5 Å². The van der Waals surface area contributed by atoms with Gasteiger partial charge in [-0.25, -0.2) is 0 Å². The minimum atomic E-state index is 0.275. The molecule has 0 aliphatic carbocycles. The molecule has 0 amide bonds. The molecule has 0 aliphatic heterocycles. The maximum atomic E-state index is 4.26. The molecule has 0 radical (unpaired) electrons. The molecule has 1 unspecified atom stereocenters. The van der Waals surface area contributed by atoms with E-state index in [2.05, 4.69) is 60.0 Å². The van der Waals surface area contributed by atoms with Crippen LogP contribution in [0.25, 0.3) is 0 Å². The lowest BCUT2D eigenvalue weighted by molar-refractivity contribution is 0.207. The molecule has 0 aliphatic rings. The third-order valence-electron chi connectivity index (χ3n) is 3.72. The lowest BCUT2D eigenvalue weighted by Crippen LogP contribution is -2.38. The van der Waals surface area contributed by atoms with Crippen LogP contribution in [0.15, 0.2) is 22.9 Å². The van der Waals surface area contributed by atoms with E-state index in [9.17, 15) is 0 Å². The van der Waals surface area contributed by atoms with E-state index in [0.29, 0.717) is 5.92 Å². The maximum absolute atomic E-state index is 4.26. The van der Waals surface area contributed by atoms with Crippen LogP contribution in [0.5, 0.6) is 0 Å². The van der Waals surface area contributed by atoms with Gasteiger partial charge in [-0.15, -0.1) is 0 Å². The average molecular weight is 313 g/mol. The van der Waals surface area contributed by atoms with E-state index in [-0.39, 0.29) is 5.41 Å². The topological polar surface area (TPSA) is 24.9 Å². The number of hydrogen-bond donors (Lipinski definition) is 1. The first-order valence-corrected chi connectivity index (χ1v) is 7.57. The standard InChI is InChI=1S/C15H25BrN2/c1-5-6-17-11-15(4,12(2)3)8-13-7-14(16)10-18-9-13/h7,9-10,12,17H,5-6,8,11H2,1-4H3. The largest absolute Gasteiger partial charge is 0.316 e. The van der Waals surface area contributed by atoms with Gasteiger partial charge in [-0.3, -0.25) is 4.98 Å². The van der Waals surface area contributed by atoms with Gasteiger partial charge < -0.3 is 5.32 Å². The highest BCUT2D eigenvalue weighted by atomic mass is 79.9. The molecule has 2 nitrogen and oxygen atoms in total. The molecule has 1 aromatic heterocycles. The summed E-state index contributed by atoms with van der Waals surface area (Å²) in [7, 11) is 0. The molecule has 0 bridgehead atoms. The van der Waals surface area contributed by atoms with Crippen molar-refractivity contribution in [2.75, 3.05) is 13.1 Å². The first kappa shape index (κ1) is 15.6. The molecule has 0 aromatic carbocycles. The fourth-order valence-electron chi connectivity index (χ4n) is 2.04. The number of nitrogens with one attached hydrogen (secondary N) is 1. The zero-order valence-corrected chi connectivity index (χ0v) is 13.5. The predicted molar refractivity (Wildman–Crippen MR) is 81.7 cm³/mol. The summed E-state index contributed by atoms with van der Waals surface area (Å²) in [6.07, 6.45) is 6.07. The van der Waals surface area contributed by atoms with Gasteiger partial charge in [0.2, 0.25) is 0 Å². The van der Waals surface area contributed by atoms with Crippen molar-refractivity contribution < 1.29 is 0 Å². The lowest BCUT2D eigenvalue weighted by Gasteiger charge is -2.34. The molecule has 0 saturated carbocycles. The molecule has 0 saturated heterocycles. The maximum Gasteiger partial charge on any atom is 0.0410 e. The molecule has 0 fully saturated rings. The van der Waals surface area contributed by atoms with Crippen LogP contribution in [-0.4, -0.2) is 18.1 Å². The van der Waals surface area contributed by atoms with Gasteiger partial charge in [0.05, 0.1) is 0 Å². The van der Waals surface area contributed by atoms with Crippen LogP contribution in [0.1, 0.15) is 39.7 Å². The van der Waals surface area contributed by atoms with E-state index in [1.165, 1.54) is 12.0 Å². The number of hydrogen-bond acceptors (Lipinski definition) is 2. The van der Waals surface area contributed by atoms with Crippen molar-refractivity contribution >= 4 is 15.9 Å². The SMILES string of the molecule is CCCNCC(C)(Cc1cncc(Br)c1)C(C)C. The van der Waals surface area contributed by atoms with Gasteiger partial charge in [0.25, 0.3) is 0 Å². The zero-order chi connectivity index (χ0) is 13.6. The number of halogens is 1. The molecular formula is C15H25BrN2. The Hall–Kier alpha value is -0.410. The van der Waals surface area contributed by atoms with Gasteiger partial charge in [-0.2, -0.15) is 0 Å². The molecule has 1 atom stereocenters. The average Bonchev–Trinajstić information content (AvgIpc) is 2.29. The Kier molecular flexibility index (Phi) is 6.30. The second kappa shape index (κ2) is 7.25. The summed E-state index contributed by atoms with van der Waals surface area (Å²) in [6.45, 7) is 11.3. The summed E-state index contributed by atoms with van der Waals surface area (Å²) < 4.78 is 1.06. The highest BCUT2D eigenvalue weighted by molar-refractivity contribution is 9.10. The third kappa shape index (κ3) is 4.69. The predicted octanol–water partition coefficient (Wildman–Crippen LogP) is 4.05. The summed E-state index contributed by atoms with van der Waals surface area (Å²) in [5.41, 5.74) is 1.58. The minimum absolute atomic E-state index is 0.275. The Bertz CT molecular complexity index is 365. The first-order valence-electron chi connectivity index (χ1n) is 6.78. The van der Waals surface area contributed by atoms with Gasteiger partial charge >= 0.3 is 0 Å². The van der Waals surface area contributed by atoms with E-state index < -0.39 is 0 Å². The molecule has 0 spiro atoms. The van der Waals surface area contributed by atoms with Crippen molar-refractivity contribution in [1.29, 1.82) is 0 Å². The van der Waals surface area contributed by atoms with Crippen LogP contribution in [0.2, 0.25) is 0 Å². The molecule has 18 heavy (non-hydrogen) atoms. The van der Waals surface area contributed by atoms with Crippen molar-refractivity contribution in [2.45, 2.75) is 40.5 Å². The van der Waals surface area contributed by atoms with Crippen LogP contribution < -0.4 is 5.32 Å². The summed E-state index contributed by atoms with van der Waals surface area (Å²) in [5, 5.41) is 3.56. The summed E-state index contributed by atoms with van der Waals surface area (Å²) in [4.78, 5) is 4.26. The normalized spacial score (nSPS) is 14.8. The molecular weight excluding hydrogens is 288 g/mol. The van der Waals surface area contributed by atoms with Crippen molar-refractivity contribution in [2.24, 2.45) is 11.3 Å².